The number of anilines is 1. The van der Waals surface area contributed by atoms with Crippen LogP contribution in [0, 0.1) is 5.92 Å². The van der Waals surface area contributed by atoms with E-state index in [4.69, 9.17) is 5.73 Å². The number of nitrogens with two attached hydrogens (primary N) is 1. The highest BCUT2D eigenvalue weighted by molar-refractivity contribution is 5.29. The molecule has 112 valence electrons. The summed E-state index contributed by atoms with van der Waals surface area (Å²) in [4.78, 5) is 13.5. The predicted octanol–water partition coefficient (Wildman–Crippen LogP) is 1.36. The van der Waals surface area contributed by atoms with Crippen molar-refractivity contribution in [2.24, 2.45) is 11.7 Å². The van der Waals surface area contributed by atoms with E-state index >= 15 is 0 Å². The third kappa shape index (κ3) is 4.72. The minimum Gasteiger partial charge on any atom is -0.338 e. The second-order valence-corrected chi connectivity index (χ2v) is 5.70. The topological polar surface area (TPSA) is 58.3 Å². The van der Waals surface area contributed by atoms with Crippen LogP contribution in [0.4, 0.5) is 5.95 Å². The van der Waals surface area contributed by atoms with Gasteiger partial charge in [-0.25, -0.2) is 9.97 Å². The Balaban J connectivity index is 1.65. The van der Waals surface area contributed by atoms with Crippen molar-refractivity contribution in [2.45, 2.75) is 26.2 Å². The van der Waals surface area contributed by atoms with Crippen molar-refractivity contribution in [3.05, 3.63) is 18.5 Å². The zero-order valence-corrected chi connectivity index (χ0v) is 12.5. The van der Waals surface area contributed by atoms with Crippen LogP contribution in [0.3, 0.4) is 0 Å². The summed E-state index contributed by atoms with van der Waals surface area (Å²) in [5, 5.41) is 0. The molecule has 1 aliphatic heterocycles. The van der Waals surface area contributed by atoms with E-state index in [2.05, 4.69) is 26.7 Å². The first-order chi connectivity index (χ1) is 9.79. The van der Waals surface area contributed by atoms with E-state index < -0.39 is 0 Å². The molecule has 5 nitrogen and oxygen atoms in total. The first-order valence-electron chi connectivity index (χ1n) is 7.74. The second kappa shape index (κ2) is 8.17. The van der Waals surface area contributed by atoms with Gasteiger partial charge in [0.1, 0.15) is 0 Å². The molecular weight excluding hydrogens is 250 g/mol. The van der Waals surface area contributed by atoms with Gasteiger partial charge in [-0.1, -0.05) is 6.92 Å². The maximum Gasteiger partial charge on any atom is 0.225 e. The van der Waals surface area contributed by atoms with Crippen LogP contribution < -0.4 is 10.6 Å². The molecule has 0 bridgehead atoms. The summed E-state index contributed by atoms with van der Waals surface area (Å²) < 4.78 is 0. The number of piperazine rings is 1. The van der Waals surface area contributed by atoms with Crippen molar-refractivity contribution >= 4 is 5.95 Å². The normalized spacial score (nSPS) is 18.2. The van der Waals surface area contributed by atoms with Gasteiger partial charge in [0.2, 0.25) is 5.95 Å². The summed E-state index contributed by atoms with van der Waals surface area (Å²) in [6, 6.07) is 1.86. The Bertz CT molecular complexity index is 362. The van der Waals surface area contributed by atoms with E-state index in [0.717, 1.165) is 51.0 Å². The molecule has 1 atom stereocenters. The van der Waals surface area contributed by atoms with Crippen LogP contribution in [0.5, 0.6) is 0 Å². The fraction of sp³-hybridized carbons (Fsp3) is 0.733. The molecule has 1 saturated heterocycles. The number of nitrogens with zero attached hydrogens (tertiary/aromatic N) is 4. The molecule has 2 rings (SSSR count). The molecule has 0 radical (unpaired) electrons. The molecule has 1 fully saturated rings. The second-order valence-electron chi connectivity index (χ2n) is 5.70. The molecule has 5 heteroatoms. The Labute approximate surface area is 122 Å². The first kappa shape index (κ1) is 15.2. The van der Waals surface area contributed by atoms with Crippen molar-refractivity contribution in [3.8, 4) is 0 Å². The number of hydrogen-bond donors (Lipinski definition) is 1. The molecule has 0 saturated carbocycles. The standard InChI is InChI=1S/C15H27N5/c1-14(5-6-16)4-2-9-19-10-12-20(13-11-19)15-17-7-3-8-18-15/h3,7-8,14H,2,4-6,9-13,16H2,1H3. The molecule has 1 aromatic heterocycles. The quantitative estimate of drug-likeness (QED) is 0.815. The van der Waals surface area contributed by atoms with E-state index in [-0.39, 0.29) is 0 Å². The largest absolute Gasteiger partial charge is 0.338 e. The highest BCUT2D eigenvalue weighted by atomic mass is 15.3. The first-order valence-corrected chi connectivity index (χ1v) is 7.74. The molecule has 0 aliphatic carbocycles. The van der Waals surface area contributed by atoms with Gasteiger partial charge in [0.05, 0.1) is 0 Å². The van der Waals surface area contributed by atoms with Gasteiger partial charge in [0.25, 0.3) is 0 Å². The van der Waals surface area contributed by atoms with Gasteiger partial charge < -0.3 is 10.6 Å². The fourth-order valence-corrected chi connectivity index (χ4v) is 2.72. The van der Waals surface area contributed by atoms with Crippen LogP contribution >= 0.6 is 0 Å². The van der Waals surface area contributed by atoms with Crippen LogP contribution in [0.2, 0.25) is 0 Å². The van der Waals surface area contributed by atoms with Gasteiger partial charge >= 0.3 is 0 Å². The molecule has 0 aromatic carbocycles. The van der Waals surface area contributed by atoms with E-state index in [9.17, 15) is 0 Å². The van der Waals surface area contributed by atoms with Gasteiger partial charge in [-0.2, -0.15) is 0 Å². The minimum atomic E-state index is 0.763. The molecule has 2 N–H and O–H groups in total. The average molecular weight is 277 g/mol. The SMILES string of the molecule is CC(CCN)CCCN1CCN(c2ncccn2)CC1. The third-order valence-corrected chi connectivity index (χ3v) is 4.04. The lowest BCUT2D eigenvalue weighted by Crippen LogP contribution is -2.47. The van der Waals surface area contributed by atoms with E-state index in [1.165, 1.54) is 19.4 Å². The number of rotatable bonds is 7. The van der Waals surface area contributed by atoms with Gasteiger partial charge in [-0.15, -0.1) is 0 Å². The third-order valence-electron chi connectivity index (χ3n) is 4.04. The summed E-state index contributed by atoms with van der Waals surface area (Å²) in [5.41, 5.74) is 5.59. The molecule has 20 heavy (non-hydrogen) atoms. The van der Waals surface area contributed by atoms with Crippen molar-refractivity contribution in [3.63, 3.8) is 0 Å². The molecule has 2 heterocycles. The van der Waals surface area contributed by atoms with Crippen LogP contribution in [-0.2, 0) is 0 Å². The summed E-state index contributed by atoms with van der Waals surface area (Å²) >= 11 is 0. The van der Waals surface area contributed by atoms with Gasteiger partial charge in [0, 0.05) is 38.6 Å². The summed E-state index contributed by atoms with van der Waals surface area (Å²) in [7, 11) is 0. The Morgan fingerprint density at radius 3 is 2.50 bits per heavy atom. The van der Waals surface area contributed by atoms with Crippen molar-refractivity contribution in [1.29, 1.82) is 0 Å². The maximum atomic E-state index is 5.59. The van der Waals surface area contributed by atoms with Crippen molar-refractivity contribution in [1.82, 2.24) is 14.9 Å². The Hall–Kier alpha value is -1.20. The van der Waals surface area contributed by atoms with E-state index in [0.29, 0.717) is 0 Å². The highest BCUT2D eigenvalue weighted by Gasteiger charge is 2.18. The predicted molar refractivity (Wildman–Crippen MR) is 82.8 cm³/mol. The average Bonchev–Trinajstić information content (AvgIpc) is 2.49. The summed E-state index contributed by atoms with van der Waals surface area (Å²) in [6.45, 7) is 8.62. The number of hydrogen-bond acceptors (Lipinski definition) is 5. The zero-order valence-electron chi connectivity index (χ0n) is 12.5. The molecule has 1 aliphatic rings. The van der Waals surface area contributed by atoms with Gasteiger partial charge in [0.15, 0.2) is 0 Å². The van der Waals surface area contributed by atoms with Crippen LogP contribution in [0.15, 0.2) is 18.5 Å². The molecule has 1 unspecified atom stereocenters. The summed E-state index contributed by atoms with van der Waals surface area (Å²) in [5.74, 6) is 1.63. The lowest BCUT2D eigenvalue weighted by molar-refractivity contribution is 0.246. The van der Waals surface area contributed by atoms with Crippen LogP contribution in [-0.4, -0.2) is 54.1 Å². The lowest BCUT2D eigenvalue weighted by atomic mass is 10.0. The molecule has 1 aromatic rings. The lowest BCUT2D eigenvalue weighted by Gasteiger charge is -2.34. The van der Waals surface area contributed by atoms with Gasteiger partial charge in [-0.3, -0.25) is 4.90 Å². The van der Waals surface area contributed by atoms with Crippen LogP contribution in [0.1, 0.15) is 26.2 Å². The fourth-order valence-electron chi connectivity index (χ4n) is 2.72. The molecule has 0 amide bonds. The van der Waals surface area contributed by atoms with Gasteiger partial charge in [-0.05, 0) is 44.3 Å². The van der Waals surface area contributed by atoms with E-state index in [1.807, 2.05) is 18.5 Å². The Morgan fingerprint density at radius 2 is 1.85 bits per heavy atom. The number of aromatic nitrogens is 2. The smallest absolute Gasteiger partial charge is 0.225 e. The highest BCUT2D eigenvalue weighted by Crippen LogP contribution is 2.13. The maximum absolute atomic E-state index is 5.59. The van der Waals surface area contributed by atoms with Crippen molar-refractivity contribution in [2.75, 3.05) is 44.2 Å². The van der Waals surface area contributed by atoms with Crippen LogP contribution in [0.25, 0.3) is 0 Å². The minimum absolute atomic E-state index is 0.763. The molecule has 0 spiro atoms. The zero-order chi connectivity index (χ0) is 14.2. The van der Waals surface area contributed by atoms with Crippen molar-refractivity contribution < 1.29 is 0 Å². The Morgan fingerprint density at radius 1 is 1.15 bits per heavy atom. The molecular formula is C15H27N5. The summed E-state index contributed by atoms with van der Waals surface area (Å²) in [6.07, 6.45) is 7.35. The monoisotopic (exact) mass is 277 g/mol. The Kier molecular flexibility index (Phi) is 6.21. The van der Waals surface area contributed by atoms with E-state index in [1.54, 1.807) is 0 Å².